The predicted molar refractivity (Wildman–Crippen MR) is 58.2 cm³/mol. The highest BCUT2D eigenvalue weighted by molar-refractivity contribution is 9.10. The van der Waals surface area contributed by atoms with Gasteiger partial charge >= 0.3 is 0 Å². The minimum Gasteiger partial charge on any atom is -0.371 e. The highest BCUT2D eigenvalue weighted by Gasteiger charge is 2.23. The van der Waals surface area contributed by atoms with Gasteiger partial charge in [0.2, 0.25) is 0 Å². The van der Waals surface area contributed by atoms with E-state index in [1.807, 2.05) is 18.2 Å². The molecule has 2 atom stereocenters. The lowest BCUT2D eigenvalue weighted by atomic mass is 10.1. The topological polar surface area (TPSA) is 21.8 Å². The number of hydrogen-bond donors (Lipinski definition) is 0. The standard InChI is InChI=1S/C11H13BrO2/c1-8(13-6-9-7-14-9)10-4-2-3-5-11(10)12/h2-5,8-9H,6-7H2,1H3/t8-,9+/m0/s1. The lowest BCUT2D eigenvalue weighted by Crippen LogP contribution is -2.06. The molecule has 0 unspecified atom stereocenters. The first-order valence-corrected chi connectivity index (χ1v) is 5.54. The fraction of sp³-hybridized carbons (Fsp3) is 0.455. The quantitative estimate of drug-likeness (QED) is 0.773. The van der Waals surface area contributed by atoms with Gasteiger partial charge in [0, 0.05) is 4.47 Å². The van der Waals surface area contributed by atoms with Gasteiger partial charge in [-0.15, -0.1) is 0 Å². The van der Waals surface area contributed by atoms with Crippen LogP contribution in [0.2, 0.25) is 0 Å². The molecular formula is C11H13BrO2. The molecule has 14 heavy (non-hydrogen) atoms. The highest BCUT2D eigenvalue weighted by Crippen LogP contribution is 2.26. The largest absolute Gasteiger partial charge is 0.371 e. The molecule has 3 heteroatoms. The second kappa shape index (κ2) is 4.43. The van der Waals surface area contributed by atoms with Crippen molar-refractivity contribution in [1.82, 2.24) is 0 Å². The molecule has 1 heterocycles. The summed E-state index contributed by atoms with van der Waals surface area (Å²) in [6.07, 6.45) is 0.453. The van der Waals surface area contributed by atoms with Gasteiger partial charge in [0.25, 0.3) is 0 Å². The summed E-state index contributed by atoms with van der Waals surface area (Å²) in [6.45, 7) is 3.60. The predicted octanol–water partition coefficient (Wildman–Crippen LogP) is 2.93. The van der Waals surface area contributed by atoms with Crippen LogP contribution in [-0.4, -0.2) is 19.3 Å². The summed E-state index contributed by atoms with van der Waals surface area (Å²) >= 11 is 3.51. The molecule has 0 aliphatic carbocycles. The molecular weight excluding hydrogens is 244 g/mol. The van der Waals surface area contributed by atoms with Crippen LogP contribution in [0, 0.1) is 0 Å². The molecule has 0 amide bonds. The third kappa shape index (κ3) is 2.56. The average molecular weight is 257 g/mol. The fourth-order valence-electron chi connectivity index (χ4n) is 1.31. The summed E-state index contributed by atoms with van der Waals surface area (Å²) in [5.74, 6) is 0. The van der Waals surface area contributed by atoms with Crippen LogP contribution >= 0.6 is 15.9 Å². The molecule has 1 aromatic rings. The van der Waals surface area contributed by atoms with E-state index in [4.69, 9.17) is 9.47 Å². The van der Waals surface area contributed by atoms with Crippen molar-refractivity contribution < 1.29 is 9.47 Å². The maximum Gasteiger partial charge on any atom is 0.104 e. The Bertz CT molecular complexity index is 310. The zero-order valence-corrected chi connectivity index (χ0v) is 9.66. The molecule has 1 aliphatic rings. The number of benzene rings is 1. The lowest BCUT2D eigenvalue weighted by Gasteiger charge is -2.13. The van der Waals surface area contributed by atoms with Gasteiger partial charge in [0.05, 0.1) is 19.3 Å². The summed E-state index contributed by atoms with van der Waals surface area (Å²) in [7, 11) is 0. The van der Waals surface area contributed by atoms with Gasteiger partial charge in [0.15, 0.2) is 0 Å². The van der Waals surface area contributed by atoms with Crippen LogP contribution in [0.25, 0.3) is 0 Å². The van der Waals surface area contributed by atoms with Crippen LogP contribution in [0.5, 0.6) is 0 Å². The SMILES string of the molecule is C[C@H](OC[C@@H]1CO1)c1ccccc1Br. The molecule has 0 saturated carbocycles. The second-order valence-corrected chi connectivity index (χ2v) is 4.31. The van der Waals surface area contributed by atoms with Crippen molar-refractivity contribution in [2.75, 3.05) is 13.2 Å². The van der Waals surface area contributed by atoms with Crippen LogP contribution in [-0.2, 0) is 9.47 Å². The summed E-state index contributed by atoms with van der Waals surface area (Å²) in [4.78, 5) is 0. The summed E-state index contributed by atoms with van der Waals surface area (Å²) in [5.41, 5.74) is 1.19. The van der Waals surface area contributed by atoms with Gasteiger partial charge < -0.3 is 9.47 Å². The van der Waals surface area contributed by atoms with Crippen molar-refractivity contribution in [2.45, 2.75) is 19.1 Å². The third-order valence-corrected chi connectivity index (χ3v) is 3.00. The van der Waals surface area contributed by atoms with Gasteiger partial charge in [-0.1, -0.05) is 34.1 Å². The van der Waals surface area contributed by atoms with E-state index in [1.165, 1.54) is 5.56 Å². The van der Waals surface area contributed by atoms with E-state index < -0.39 is 0 Å². The zero-order valence-electron chi connectivity index (χ0n) is 8.07. The van der Waals surface area contributed by atoms with E-state index in [0.29, 0.717) is 12.7 Å². The Morgan fingerprint density at radius 1 is 1.57 bits per heavy atom. The number of hydrogen-bond acceptors (Lipinski definition) is 2. The van der Waals surface area contributed by atoms with Crippen LogP contribution in [0.4, 0.5) is 0 Å². The molecule has 1 fully saturated rings. The van der Waals surface area contributed by atoms with Crippen molar-refractivity contribution in [3.63, 3.8) is 0 Å². The molecule has 0 bridgehead atoms. The highest BCUT2D eigenvalue weighted by atomic mass is 79.9. The smallest absolute Gasteiger partial charge is 0.104 e. The van der Waals surface area contributed by atoms with E-state index in [2.05, 4.69) is 28.9 Å². The lowest BCUT2D eigenvalue weighted by molar-refractivity contribution is 0.0535. The number of halogens is 1. The molecule has 1 aromatic carbocycles. The van der Waals surface area contributed by atoms with Crippen molar-refractivity contribution >= 4 is 15.9 Å². The average Bonchev–Trinajstić information content (AvgIpc) is 2.98. The number of rotatable bonds is 4. The van der Waals surface area contributed by atoms with Crippen LogP contribution in [0.1, 0.15) is 18.6 Å². The monoisotopic (exact) mass is 256 g/mol. The zero-order chi connectivity index (χ0) is 9.97. The summed E-state index contributed by atoms with van der Waals surface area (Å²) in [5, 5.41) is 0. The Morgan fingerprint density at radius 2 is 2.29 bits per heavy atom. The minimum absolute atomic E-state index is 0.120. The van der Waals surface area contributed by atoms with Gasteiger partial charge in [0.1, 0.15) is 6.10 Å². The molecule has 2 nitrogen and oxygen atoms in total. The van der Waals surface area contributed by atoms with E-state index >= 15 is 0 Å². The molecule has 0 radical (unpaired) electrons. The molecule has 0 N–H and O–H groups in total. The summed E-state index contributed by atoms with van der Waals surface area (Å²) in [6, 6.07) is 8.13. The molecule has 1 aliphatic heterocycles. The number of ether oxygens (including phenoxy) is 2. The minimum atomic E-state index is 0.120. The van der Waals surface area contributed by atoms with E-state index in [0.717, 1.165) is 11.1 Å². The van der Waals surface area contributed by atoms with Gasteiger partial charge in [-0.25, -0.2) is 0 Å². The molecule has 76 valence electrons. The van der Waals surface area contributed by atoms with E-state index in [-0.39, 0.29) is 6.10 Å². The van der Waals surface area contributed by atoms with Crippen LogP contribution < -0.4 is 0 Å². The van der Waals surface area contributed by atoms with E-state index in [9.17, 15) is 0 Å². The van der Waals surface area contributed by atoms with Crippen LogP contribution in [0.15, 0.2) is 28.7 Å². The number of epoxide rings is 1. The Hall–Kier alpha value is -0.380. The van der Waals surface area contributed by atoms with E-state index in [1.54, 1.807) is 0 Å². The Labute approximate surface area is 92.3 Å². The van der Waals surface area contributed by atoms with Gasteiger partial charge in [-0.2, -0.15) is 0 Å². The van der Waals surface area contributed by atoms with Crippen molar-refractivity contribution in [3.05, 3.63) is 34.3 Å². The maximum atomic E-state index is 5.68. The van der Waals surface area contributed by atoms with Gasteiger partial charge in [-0.3, -0.25) is 0 Å². The molecule has 0 aromatic heterocycles. The second-order valence-electron chi connectivity index (χ2n) is 3.45. The Morgan fingerprint density at radius 3 is 2.93 bits per heavy atom. The first kappa shape index (κ1) is 10.1. The summed E-state index contributed by atoms with van der Waals surface area (Å²) < 4.78 is 11.9. The molecule has 1 saturated heterocycles. The molecule has 0 spiro atoms. The first-order valence-electron chi connectivity index (χ1n) is 4.75. The third-order valence-electron chi connectivity index (χ3n) is 2.28. The Balaban J connectivity index is 1.95. The first-order chi connectivity index (χ1) is 6.77. The Kier molecular flexibility index (Phi) is 3.21. The van der Waals surface area contributed by atoms with Crippen LogP contribution in [0.3, 0.4) is 0 Å². The fourth-order valence-corrected chi connectivity index (χ4v) is 1.92. The van der Waals surface area contributed by atoms with Crippen molar-refractivity contribution in [1.29, 1.82) is 0 Å². The maximum absolute atomic E-state index is 5.68. The van der Waals surface area contributed by atoms with Crippen molar-refractivity contribution in [3.8, 4) is 0 Å². The normalized spacial score (nSPS) is 22.0. The molecule has 2 rings (SSSR count). The van der Waals surface area contributed by atoms with Gasteiger partial charge in [-0.05, 0) is 18.6 Å². The van der Waals surface area contributed by atoms with Crippen molar-refractivity contribution in [2.24, 2.45) is 0 Å².